The summed E-state index contributed by atoms with van der Waals surface area (Å²) < 4.78 is 4.40. The molecule has 0 saturated heterocycles. The maximum absolute atomic E-state index is 9.82. The van der Waals surface area contributed by atoms with E-state index in [0.717, 1.165) is 0 Å². The third-order valence-electron chi connectivity index (χ3n) is 11.7. The molecule has 0 unspecified atom stereocenters. The maximum atomic E-state index is 9.82. The lowest BCUT2D eigenvalue weighted by Crippen LogP contribution is -1.95. The molecule has 0 saturated carbocycles. The van der Waals surface area contributed by atoms with Gasteiger partial charge in [0.2, 0.25) is 0 Å². The van der Waals surface area contributed by atoms with E-state index >= 15 is 0 Å². The Hall–Kier alpha value is -13.8. The number of rotatable bonds is 1. The van der Waals surface area contributed by atoms with Crippen molar-refractivity contribution in [1.29, 1.82) is 0 Å². The molecule has 17 rings (SSSR count). The molecule has 2 nitrogen and oxygen atoms in total. The van der Waals surface area contributed by atoms with Crippen LogP contribution in [0.25, 0.3) is 0 Å². The van der Waals surface area contributed by atoms with Crippen molar-refractivity contribution in [1.82, 2.24) is 0 Å². The van der Waals surface area contributed by atoms with Crippen LogP contribution in [0.2, 0.25) is 0 Å². The molecule has 17 aromatic carbocycles. The summed E-state index contributed by atoms with van der Waals surface area (Å²) in [4.78, 5) is 9.82. The van der Waals surface area contributed by atoms with Gasteiger partial charge in [0.25, 0.3) is 0 Å². The highest BCUT2D eigenvalue weighted by molar-refractivity contribution is 5.65. The van der Waals surface area contributed by atoms with Crippen molar-refractivity contribution in [2.75, 3.05) is 6.61 Å². The van der Waals surface area contributed by atoms with Crippen molar-refractivity contribution in [3.8, 4) is 0 Å². The molecule has 0 aliphatic heterocycles. The molecule has 0 aromatic heterocycles. The minimum atomic E-state index is -0.211. The van der Waals surface area contributed by atoms with Gasteiger partial charge >= 0.3 is 5.97 Å². The summed E-state index contributed by atoms with van der Waals surface area (Å²) in [5, 5.41) is 0. The van der Waals surface area contributed by atoms with Crippen molar-refractivity contribution in [3.05, 3.63) is 619 Å². The van der Waals surface area contributed by atoms with Crippen LogP contribution >= 0.6 is 0 Å². The standard InChI is InChI=1S/17C6H6.C4H8O2/c17*1-2-4-6-5-3-1;1-3-6-4(2)5/h17*1-6H;3H2,1-2H3. The van der Waals surface area contributed by atoms with Crippen LogP contribution in [0.15, 0.2) is 619 Å². The number of esters is 1. The Balaban J connectivity index is 0.00000112. The van der Waals surface area contributed by atoms with Crippen LogP contribution in [-0.4, -0.2) is 12.6 Å². The lowest BCUT2D eigenvalue weighted by molar-refractivity contribution is -0.140. The zero-order chi connectivity index (χ0) is 77.1. The minimum Gasteiger partial charge on any atom is -0.466 e. The lowest BCUT2D eigenvalue weighted by atomic mass is 10.4. The molecule has 108 heavy (non-hydrogen) atoms. The normalized spacial score (nSPS) is 7.98. The van der Waals surface area contributed by atoms with E-state index in [9.17, 15) is 4.79 Å². The second kappa shape index (κ2) is 91.2. The van der Waals surface area contributed by atoms with E-state index in [1.54, 1.807) is 6.92 Å². The summed E-state index contributed by atoms with van der Waals surface area (Å²) in [6.07, 6.45) is 0. The van der Waals surface area contributed by atoms with Crippen molar-refractivity contribution in [2.45, 2.75) is 13.8 Å². The predicted octanol–water partition coefficient (Wildman–Crippen LogP) is 29.2. The average molecular weight is 1420 g/mol. The Morgan fingerprint density at radius 1 is 0.120 bits per heavy atom. The summed E-state index contributed by atoms with van der Waals surface area (Å²) in [6, 6.07) is 204. The maximum Gasteiger partial charge on any atom is 0.302 e. The first-order valence-corrected chi connectivity index (χ1v) is 35.9. The van der Waals surface area contributed by atoms with Gasteiger partial charge in [-0.1, -0.05) is 619 Å². The second-order valence-corrected chi connectivity index (χ2v) is 20.6. The van der Waals surface area contributed by atoms with Crippen molar-refractivity contribution >= 4 is 5.97 Å². The van der Waals surface area contributed by atoms with E-state index in [2.05, 4.69) is 4.74 Å². The van der Waals surface area contributed by atoms with E-state index in [0.29, 0.717) is 6.61 Å². The Morgan fingerprint density at radius 2 is 0.157 bits per heavy atom. The van der Waals surface area contributed by atoms with Crippen LogP contribution in [0, 0.1) is 0 Å². The quantitative estimate of drug-likeness (QED) is 0.153. The second-order valence-electron chi connectivity index (χ2n) is 20.6. The third kappa shape index (κ3) is 92.2. The average Bonchev–Trinajstić information content (AvgIpc) is 3.86. The smallest absolute Gasteiger partial charge is 0.302 e. The van der Waals surface area contributed by atoms with Crippen LogP contribution in [0.1, 0.15) is 13.8 Å². The molecule has 0 fully saturated rings. The third-order valence-corrected chi connectivity index (χ3v) is 11.7. The zero-order valence-electron chi connectivity index (χ0n) is 62.9. The molecule has 0 atom stereocenters. The van der Waals surface area contributed by atoms with Gasteiger partial charge < -0.3 is 4.74 Å². The Kier molecular flexibility index (Phi) is 79.6. The van der Waals surface area contributed by atoms with Gasteiger partial charge in [-0.2, -0.15) is 0 Å². The summed E-state index contributed by atoms with van der Waals surface area (Å²) in [6.45, 7) is 3.65. The van der Waals surface area contributed by atoms with Gasteiger partial charge in [-0.15, -0.1) is 0 Å². The Morgan fingerprint density at radius 3 is 0.167 bits per heavy atom. The fourth-order valence-corrected chi connectivity index (χ4v) is 6.75. The molecule has 0 heterocycles. The van der Waals surface area contributed by atoms with Gasteiger partial charge in [-0.25, -0.2) is 0 Å². The van der Waals surface area contributed by atoms with Crippen LogP contribution in [0.5, 0.6) is 0 Å². The fourth-order valence-electron chi connectivity index (χ4n) is 6.75. The first-order valence-electron chi connectivity index (χ1n) is 35.9. The molecule has 0 aliphatic rings. The summed E-state index contributed by atoms with van der Waals surface area (Å²) in [5.74, 6) is -0.211. The number of carbonyl (C=O) groups is 1. The van der Waals surface area contributed by atoms with Gasteiger partial charge in [-0.05, 0) is 6.92 Å². The Labute approximate surface area is 650 Å². The molecule has 0 bridgehead atoms. The topological polar surface area (TPSA) is 26.3 Å². The first kappa shape index (κ1) is 94.2. The summed E-state index contributed by atoms with van der Waals surface area (Å²) in [7, 11) is 0. The fraction of sp³-hybridized carbons (Fsp3) is 0.0283. The predicted molar refractivity (Wildman–Crippen MR) is 472 cm³/mol. The van der Waals surface area contributed by atoms with E-state index in [1.807, 2.05) is 619 Å². The summed E-state index contributed by atoms with van der Waals surface area (Å²) >= 11 is 0. The van der Waals surface area contributed by atoms with Crippen molar-refractivity contribution in [2.24, 2.45) is 0 Å². The van der Waals surface area contributed by atoms with Crippen molar-refractivity contribution in [3.63, 3.8) is 0 Å². The molecule has 0 amide bonds. The van der Waals surface area contributed by atoms with Gasteiger partial charge in [0.15, 0.2) is 0 Å². The highest BCUT2D eigenvalue weighted by atomic mass is 16.5. The molecule has 17 aromatic rings. The molecular formula is C106H110O2. The molecular weight excluding hydrogens is 1310 g/mol. The number of carbonyl (C=O) groups excluding carboxylic acids is 1. The van der Waals surface area contributed by atoms with Crippen molar-refractivity contribution < 1.29 is 9.53 Å². The molecule has 0 aliphatic carbocycles. The number of ether oxygens (including phenoxy) is 1. The molecule has 546 valence electrons. The highest BCUT2D eigenvalue weighted by Gasteiger charge is 1.82. The molecule has 2 heteroatoms. The van der Waals surface area contributed by atoms with Gasteiger partial charge in [0, 0.05) is 6.92 Å². The number of hydrogen-bond acceptors (Lipinski definition) is 2. The van der Waals surface area contributed by atoms with E-state index in [-0.39, 0.29) is 5.97 Å². The van der Waals surface area contributed by atoms with Gasteiger partial charge in [0.05, 0.1) is 6.61 Å². The van der Waals surface area contributed by atoms with Crippen LogP contribution in [0.4, 0.5) is 0 Å². The van der Waals surface area contributed by atoms with E-state index in [4.69, 9.17) is 0 Å². The first-order chi connectivity index (χ1) is 53.8. The largest absolute Gasteiger partial charge is 0.466 e. The van der Waals surface area contributed by atoms with Crippen LogP contribution in [0.3, 0.4) is 0 Å². The van der Waals surface area contributed by atoms with Crippen LogP contribution < -0.4 is 0 Å². The van der Waals surface area contributed by atoms with E-state index < -0.39 is 0 Å². The monoisotopic (exact) mass is 1410 g/mol. The SMILES string of the molecule is CCOC(C)=O.c1ccccc1.c1ccccc1.c1ccccc1.c1ccccc1.c1ccccc1.c1ccccc1.c1ccccc1.c1ccccc1.c1ccccc1.c1ccccc1.c1ccccc1.c1ccccc1.c1ccccc1.c1ccccc1.c1ccccc1.c1ccccc1.c1ccccc1. The van der Waals surface area contributed by atoms with E-state index in [1.165, 1.54) is 6.92 Å². The summed E-state index contributed by atoms with van der Waals surface area (Å²) in [5.41, 5.74) is 0. The minimum absolute atomic E-state index is 0.211. The number of hydrogen-bond donors (Lipinski definition) is 0. The van der Waals surface area contributed by atoms with Crippen LogP contribution in [-0.2, 0) is 9.53 Å². The highest BCUT2D eigenvalue weighted by Crippen LogP contribution is 1.89. The molecule has 0 radical (unpaired) electrons. The zero-order valence-corrected chi connectivity index (χ0v) is 62.9. The molecule has 0 N–H and O–H groups in total. The number of benzene rings is 17. The van der Waals surface area contributed by atoms with Gasteiger partial charge in [0.1, 0.15) is 0 Å². The molecule has 0 spiro atoms. The lowest BCUT2D eigenvalue weighted by Gasteiger charge is -1.89. The Bertz CT molecular complexity index is 2480. The van der Waals surface area contributed by atoms with Gasteiger partial charge in [-0.3, -0.25) is 4.79 Å².